The first-order valence-corrected chi connectivity index (χ1v) is 60.0. The van der Waals surface area contributed by atoms with Crippen LogP contribution in [0, 0.1) is 0 Å². The third-order valence-corrected chi connectivity index (χ3v) is 110. The van der Waals surface area contributed by atoms with Crippen LogP contribution in [-0.4, -0.2) is 24.5 Å². The molecule has 8 unspecified atom stereocenters. The van der Waals surface area contributed by atoms with Crippen LogP contribution in [0.25, 0.3) is 145 Å². The van der Waals surface area contributed by atoms with Gasteiger partial charge in [-0.05, 0) is 111 Å². The smallest absolute Gasteiger partial charge is 0.235 e. The van der Waals surface area contributed by atoms with E-state index in [9.17, 15) is 0 Å². The molecule has 5 nitrogen and oxygen atoms in total. The van der Waals surface area contributed by atoms with Crippen molar-refractivity contribution in [2.75, 3.05) is 0 Å². The molecule has 0 amide bonds. The highest BCUT2D eigenvalue weighted by Crippen LogP contribution is 3.24. The second-order valence-electron chi connectivity index (χ2n) is 22.7. The summed E-state index contributed by atoms with van der Waals surface area (Å²) in [4.78, 5) is 19.4. The average Bonchev–Trinajstić information content (AvgIpc) is 1.54. The molecule has 0 spiro atoms. The van der Waals surface area contributed by atoms with E-state index >= 15 is 0 Å². The molecule has 98 heavy (non-hydrogen) atoms. The SMILES string of the molecule is Brc1nc(-c2ccccc2)c2ccccc2n1.C.[PH-]P([PH-])P([PH-])P(P([PH-])P)P(P(P)P)P(P)P.c1ccc(-c2nc(-n3c4ccccc4c4c5ccccc5c5c6ccccc6sc5c43)nc3ccccc23)cc1.c1ccc2c(c1)Cc1c-2c2ccccc2c2c1sc1ccccc12. The first-order chi connectivity index (χ1) is 47.3. The van der Waals surface area contributed by atoms with E-state index in [2.05, 4.69) is 317 Å². The molecule has 1 aliphatic rings. The number of rotatable bonds is 9. The lowest BCUT2D eigenvalue weighted by Crippen LogP contribution is -2.03. The zero-order chi connectivity index (χ0) is 66.6. The molecule has 8 atom stereocenters. The molecule has 0 fully saturated rings. The summed E-state index contributed by atoms with van der Waals surface area (Å²) in [6, 6.07) is 89.8. The minimum atomic E-state index is -0.226. The Kier molecular flexibility index (Phi) is 23.7. The second kappa shape index (κ2) is 32.0. The highest BCUT2D eigenvalue weighted by atomic mass is 79.9. The first kappa shape index (κ1) is 72.4. The van der Waals surface area contributed by atoms with Crippen LogP contribution >= 0.6 is 168 Å². The van der Waals surface area contributed by atoms with Crippen LogP contribution < -0.4 is 0 Å². The van der Waals surface area contributed by atoms with E-state index in [1.54, 1.807) is 0 Å². The van der Waals surface area contributed by atoms with Gasteiger partial charge in [-0.2, -0.15) is 0 Å². The van der Waals surface area contributed by atoms with Crippen LogP contribution in [0.5, 0.6) is 0 Å². The normalized spacial score (nSPS) is 12.9. The van der Waals surface area contributed by atoms with E-state index in [1.165, 1.54) is 100 Å². The minimum Gasteiger partial charge on any atom is -0.555 e. The van der Waals surface area contributed by atoms with Gasteiger partial charge in [0.1, 0.15) is 0 Å². The maximum atomic E-state index is 5.31. The van der Waals surface area contributed by atoms with Crippen molar-refractivity contribution in [2.45, 2.75) is 13.8 Å². The molecule has 486 valence electrons. The summed E-state index contributed by atoms with van der Waals surface area (Å²) < 4.78 is 8.34. The molecular weight excluding hydrogens is 1600 g/mol. The van der Waals surface area contributed by atoms with Crippen molar-refractivity contribution < 1.29 is 0 Å². The minimum absolute atomic E-state index is 0. The van der Waals surface area contributed by atoms with Gasteiger partial charge in [-0.15, -0.1) is 67.3 Å². The van der Waals surface area contributed by atoms with Crippen LogP contribution in [0.15, 0.2) is 260 Å². The third kappa shape index (κ3) is 14.2. The molecule has 0 saturated carbocycles. The Balaban J connectivity index is 0.000000121. The largest absolute Gasteiger partial charge is 0.555 e. The lowest BCUT2D eigenvalue weighted by atomic mass is 9.94. The Labute approximate surface area is 616 Å². The van der Waals surface area contributed by atoms with Gasteiger partial charge in [0.05, 0.1) is 38.2 Å². The lowest BCUT2D eigenvalue weighted by Gasteiger charge is -2.57. The standard InChI is InChI=1S/C36H21N3S.C23H14S.C14H9BrN2.CH4.H14P16/c1-2-12-22(13-3-1)33-25-16-6-9-19-28(25)37-36(38-33)39-29-20-10-7-17-26(29)31-23-14-4-5-15-24(23)32-27-18-8-11-21-30(27)40-35(32)34(31)39;1-2-8-15-14(7-1)13-19-21(15)16-9-3-4-10-17(16)22-18-11-5-6-12-20(18)24-23(19)22;15-14-16-12-9-5-4-8-11(12)13(17-14)10-6-2-1-3-7-10;;1-10(2)14(9)16(13(7)8)15(11(3)4)12(5)6/h1-21H;1-12H,13H2;1-9H;1H4;1-2,7,9H,3-6,8H2/q;;;;-4. The summed E-state index contributed by atoms with van der Waals surface area (Å²) in [6.45, 7) is -0.328. The maximum absolute atomic E-state index is 5.31. The Hall–Kier alpha value is -2.56. The van der Waals surface area contributed by atoms with Crippen LogP contribution in [0.4, 0.5) is 0 Å². The fourth-order valence-electron chi connectivity index (χ4n) is 13.1. The molecule has 12 aromatic carbocycles. The zero-order valence-electron chi connectivity index (χ0n) is 51.4. The van der Waals surface area contributed by atoms with Gasteiger partial charge < -0.3 is 42.7 Å². The first-order valence-electron chi connectivity index (χ1n) is 30.5. The van der Waals surface area contributed by atoms with Crippen molar-refractivity contribution in [3.63, 3.8) is 0 Å². The molecule has 18 rings (SSSR count). The van der Waals surface area contributed by atoms with E-state index in [1.807, 2.05) is 71.2 Å². The number of nitrogens with zero attached hydrogens (tertiary/aromatic N) is 5. The lowest BCUT2D eigenvalue weighted by molar-refractivity contribution is 1.02. The Morgan fingerprint density at radius 2 is 0.847 bits per heavy atom. The monoisotopic (exact) mass is 1660 g/mol. The Morgan fingerprint density at radius 3 is 1.42 bits per heavy atom. The van der Waals surface area contributed by atoms with Crippen molar-refractivity contribution >= 4 is 273 Å². The molecular formula is C74H62BrN5P16S2-4. The highest BCUT2D eigenvalue weighted by Gasteiger charge is 2.29. The molecule has 0 aliphatic heterocycles. The maximum Gasteiger partial charge on any atom is 0.235 e. The number of halogens is 1. The highest BCUT2D eigenvalue weighted by molar-refractivity contribution is 9.30. The summed E-state index contributed by atoms with van der Waals surface area (Å²) in [5.74, 6) is 0.692. The van der Waals surface area contributed by atoms with Crippen molar-refractivity contribution in [2.24, 2.45) is 0 Å². The number of thiophene rings is 2. The molecule has 0 saturated heterocycles. The molecule has 5 heterocycles. The fourth-order valence-corrected chi connectivity index (χ4v) is 170. The molecule has 17 aromatic rings. The van der Waals surface area contributed by atoms with Crippen molar-refractivity contribution in [1.82, 2.24) is 24.5 Å². The van der Waals surface area contributed by atoms with E-state index in [0.29, 0.717) is 10.7 Å². The van der Waals surface area contributed by atoms with Gasteiger partial charge in [-0.25, -0.2) is 26.9 Å². The van der Waals surface area contributed by atoms with Gasteiger partial charge in [0.25, 0.3) is 0 Å². The summed E-state index contributed by atoms with van der Waals surface area (Å²) in [7, 11) is 30.6. The van der Waals surface area contributed by atoms with Gasteiger partial charge in [-0.1, -0.05) is 239 Å². The number of hydrogen-bond donors (Lipinski definition) is 0. The average molecular weight is 1660 g/mol. The van der Waals surface area contributed by atoms with E-state index in [4.69, 9.17) is 9.97 Å². The molecule has 1 aliphatic carbocycles. The predicted molar refractivity (Wildman–Crippen MR) is 484 cm³/mol. The molecule has 0 N–H and O–H groups in total. The second-order valence-corrected chi connectivity index (χ2v) is 83.8. The molecule has 5 aromatic heterocycles. The van der Waals surface area contributed by atoms with Crippen molar-refractivity contribution in [1.29, 1.82) is 0 Å². The van der Waals surface area contributed by atoms with E-state index < -0.39 is 0 Å². The summed E-state index contributed by atoms with van der Waals surface area (Å²) in [5.41, 5.74) is 14.1. The van der Waals surface area contributed by atoms with Crippen molar-refractivity contribution in [3.05, 3.63) is 271 Å². The van der Waals surface area contributed by atoms with Crippen LogP contribution in [0.1, 0.15) is 18.6 Å². The van der Waals surface area contributed by atoms with Gasteiger partial charge in [0.2, 0.25) is 5.95 Å². The third-order valence-electron chi connectivity index (χ3n) is 17.0. The van der Waals surface area contributed by atoms with E-state index in [0.717, 1.165) is 56.3 Å². The molecule has 0 bridgehead atoms. The topological polar surface area (TPSA) is 56.5 Å². The number of hydrogen-bond acceptors (Lipinski definition) is 6. The number of benzene rings is 12. The Bertz CT molecular complexity index is 5820. The predicted octanol–water partition coefficient (Wildman–Crippen LogP) is 31.4. The van der Waals surface area contributed by atoms with Crippen LogP contribution in [0.2, 0.25) is 0 Å². The number of fused-ring (bicyclic) bond motifs is 22. The van der Waals surface area contributed by atoms with Crippen LogP contribution in [0.3, 0.4) is 0 Å². The fraction of sp³-hybridized carbons (Fsp3) is 0.0270. The Morgan fingerprint density at radius 1 is 0.408 bits per heavy atom. The summed E-state index contributed by atoms with van der Waals surface area (Å²) in [6.07, 6.45) is 1.06. The molecule has 0 radical (unpaired) electrons. The van der Waals surface area contributed by atoms with E-state index in [-0.39, 0.29) is 56.3 Å². The number of aromatic nitrogens is 5. The van der Waals surface area contributed by atoms with Crippen LogP contribution in [-0.2, 0) is 6.42 Å². The van der Waals surface area contributed by atoms with Crippen molar-refractivity contribution in [3.8, 4) is 39.6 Å². The van der Waals surface area contributed by atoms with Gasteiger partial charge in [-0.3, -0.25) is 11.6 Å². The molecule has 24 heteroatoms. The van der Waals surface area contributed by atoms with Gasteiger partial charge >= 0.3 is 0 Å². The number of para-hydroxylation sites is 3. The summed E-state index contributed by atoms with van der Waals surface area (Å²) >= 11 is 7.17. The van der Waals surface area contributed by atoms with Gasteiger partial charge in [0, 0.05) is 74.7 Å². The summed E-state index contributed by atoms with van der Waals surface area (Å²) in [5, 5.41) is 15.4. The van der Waals surface area contributed by atoms with Gasteiger partial charge in [0.15, 0.2) is 4.73 Å². The quantitative estimate of drug-likeness (QED) is 0.107. The zero-order valence-corrected chi connectivity index (χ0v) is 70.7.